The van der Waals surface area contributed by atoms with Crippen molar-refractivity contribution >= 4 is 34.2 Å². The lowest BCUT2D eigenvalue weighted by atomic mass is 10.0. The molecule has 0 bridgehead atoms. The Labute approximate surface area is 148 Å². The fraction of sp³-hybridized carbons (Fsp3) is 0.333. The van der Waals surface area contributed by atoms with Gasteiger partial charge in [-0.1, -0.05) is 30.1 Å². The lowest BCUT2D eigenvalue weighted by molar-refractivity contribution is 0.334. The van der Waals surface area contributed by atoms with Gasteiger partial charge in [0.2, 0.25) is 0 Å². The minimum absolute atomic E-state index is 0.138. The molecule has 0 aliphatic carbocycles. The molecule has 9 heteroatoms. The molecule has 1 atom stereocenters. The van der Waals surface area contributed by atoms with Gasteiger partial charge in [-0.3, -0.25) is 0 Å². The predicted octanol–water partition coefficient (Wildman–Crippen LogP) is 3.54. The van der Waals surface area contributed by atoms with Crippen LogP contribution in [0.5, 0.6) is 11.8 Å². The summed E-state index contributed by atoms with van der Waals surface area (Å²) in [7, 11) is 3.01. The van der Waals surface area contributed by atoms with Crippen molar-refractivity contribution in [2.75, 3.05) is 14.2 Å². The Morgan fingerprint density at radius 1 is 1.08 bits per heavy atom. The Morgan fingerprint density at radius 2 is 1.71 bits per heavy atom. The van der Waals surface area contributed by atoms with Crippen LogP contribution < -0.4 is 9.47 Å². The Kier molecular flexibility index (Phi) is 4.73. The highest BCUT2D eigenvalue weighted by molar-refractivity contribution is 6.43. The van der Waals surface area contributed by atoms with Gasteiger partial charge in [-0.25, -0.2) is 9.97 Å². The van der Waals surface area contributed by atoms with Crippen LogP contribution in [0, 0.1) is 0 Å². The molecule has 126 valence electrons. The number of halogens is 2. The maximum atomic E-state index is 6.51. The number of ether oxygens (including phenoxy) is 2. The second-order valence-corrected chi connectivity index (χ2v) is 5.81. The zero-order chi connectivity index (χ0) is 17.3. The van der Waals surface area contributed by atoms with E-state index in [0.29, 0.717) is 21.1 Å². The highest BCUT2D eigenvalue weighted by Crippen LogP contribution is 2.40. The molecule has 0 saturated heterocycles. The summed E-state index contributed by atoms with van der Waals surface area (Å²) in [6, 6.07) is 1.53. The average Bonchev–Trinajstić information content (AvgIpc) is 3.12. The first-order valence-corrected chi connectivity index (χ1v) is 7.98. The first kappa shape index (κ1) is 16.7. The van der Waals surface area contributed by atoms with E-state index in [1.807, 2.05) is 11.5 Å². The predicted molar refractivity (Wildman–Crippen MR) is 91.1 cm³/mol. The third kappa shape index (κ3) is 2.74. The van der Waals surface area contributed by atoms with Gasteiger partial charge in [0.15, 0.2) is 0 Å². The van der Waals surface area contributed by atoms with Crippen molar-refractivity contribution in [3.63, 3.8) is 0 Å². The fourth-order valence-corrected chi connectivity index (χ4v) is 3.11. The molecule has 1 unspecified atom stereocenters. The monoisotopic (exact) mass is 367 g/mol. The highest BCUT2D eigenvalue weighted by Gasteiger charge is 2.24. The SMILES string of the molecule is CCC(c1c(Cl)c(Cl)cc2nc(OC)c(OC)nc12)n1cnnc1. The zero-order valence-electron chi connectivity index (χ0n) is 13.3. The summed E-state index contributed by atoms with van der Waals surface area (Å²) in [5.74, 6) is 0.565. The number of hydrogen-bond acceptors (Lipinski definition) is 6. The van der Waals surface area contributed by atoms with Crippen molar-refractivity contribution in [1.29, 1.82) is 0 Å². The molecule has 0 spiro atoms. The quantitative estimate of drug-likeness (QED) is 0.686. The fourth-order valence-electron chi connectivity index (χ4n) is 2.64. The van der Waals surface area contributed by atoms with Gasteiger partial charge >= 0.3 is 0 Å². The summed E-state index contributed by atoms with van der Waals surface area (Å²) in [5, 5.41) is 8.55. The second kappa shape index (κ2) is 6.78. The molecule has 0 fully saturated rings. The van der Waals surface area contributed by atoms with Crippen LogP contribution in [0.2, 0.25) is 10.0 Å². The van der Waals surface area contributed by atoms with E-state index in [4.69, 9.17) is 32.7 Å². The van der Waals surface area contributed by atoms with E-state index in [0.717, 1.165) is 12.0 Å². The summed E-state index contributed by atoms with van der Waals surface area (Å²) < 4.78 is 12.3. The van der Waals surface area contributed by atoms with Gasteiger partial charge in [-0.2, -0.15) is 0 Å². The third-order valence-corrected chi connectivity index (χ3v) is 4.53. The molecule has 1 aromatic carbocycles. The molecule has 24 heavy (non-hydrogen) atoms. The van der Waals surface area contributed by atoms with Crippen LogP contribution in [0.25, 0.3) is 11.0 Å². The zero-order valence-corrected chi connectivity index (χ0v) is 14.8. The van der Waals surface area contributed by atoms with E-state index < -0.39 is 0 Å². The molecule has 0 N–H and O–H groups in total. The summed E-state index contributed by atoms with van der Waals surface area (Å²) >= 11 is 12.8. The lowest BCUT2D eigenvalue weighted by Crippen LogP contribution is -2.11. The maximum absolute atomic E-state index is 6.51. The molecule has 3 aromatic rings. The third-order valence-electron chi connectivity index (χ3n) is 3.73. The number of methoxy groups -OCH3 is 2. The van der Waals surface area contributed by atoms with Gasteiger partial charge in [-0.05, 0) is 12.5 Å². The van der Waals surface area contributed by atoms with Crippen molar-refractivity contribution in [3.8, 4) is 11.8 Å². The number of hydrogen-bond donors (Lipinski definition) is 0. The van der Waals surface area contributed by atoms with E-state index in [1.54, 1.807) is 18.7 Å². The van der Waals surface area contributed by atoms with Crippen molar-refractivity contribution in [3.05, 3.63) is 34.3 Å². The van der Waals surface area contributed by atoms with E-state index >= 15 is 0 Å². The maximum Gasteiger partial charge on any atom is 0.278 e. The molecule has 0 aliphatic rings. The first-order valence-electron chi connectivity index (χ1n) is 7.22. The van der Waals surface area contributed by atoms with Gasteiger partial charge in [0, 0.05) is 5.56 Å². The van der Waals surface area contributed by atoms with E-state index in [9.17, 15) is 0 Å². The van der Waals surface area contributed by atoms with Crippen molar-refractivity contribution < 1.29 is 9.47 Å². The number of benzene rings is 1. The molecule has 0 radical (unpaired) electrons. The number of fused-ring (bicyclic) bond motifs is 1. The number of aromatic nitrogens is 5. The van der Waals surface area contributed by atoms with Crippen LogP contribution in [0.1, 0.15) is 24.9 Å². The summed E-state index contributed by atoms with van der Waals surface area (Å²) in [4.78, 5) is 8.97. The molecular weight excluding hydrogens is 353 g/mol. The molecular formula is C15H15Cl2N5O2. The lowest BCUT2D eigenvalue weighted by Gasteiger charge is -2.20. The summed E-state index contributed by atoms with van der Waals surface area (Å²) in [5.41, 5.74) is 1.92. The van der Waals surface area contributed by atoms with Gasteiger partial charge in [0.25, 0.3) is 11.8 Å². The van der Waals surface area contributed by atoms with Crippen LogP contribution in [-0.4, -0.2) is 39.0 Å². The smallest absolute Gasteiger partial charge is 0.278 e. The van der Waals surface area contributed by atoms with Crippen molar-refractivity contribution in [2.45, 2.75) is 19.4 Å². The molecule has 2 heterocycles. The van der Waals surface area contributed by atoms with E-state index in [1.165, 1.54) is 14.2 Å². The normalized spacial score (nSPS) is 12.4. The van der Waals surface area contributed by atoms with Gasteiger partial charge in [0.05, 0.1) is 41.3 Å². The van der Waals surface area contributed by atoms with Crippen LogP contribution in [0.3, 0.4) is 0 Å². The standard InChI is InChI=1S/C15H15Cl2N5O2/c1-4-10(22-6-18-19-7-22)11-12(17)8(16)5-9-13(11)21-15(24-3)14(20-9)23-2/h5-7,10H,4H2,1-3H3. The minimum atomic E-state index is -0.138. The highest BCUT2D eigenvalue weighted by atomic mass is 35.5. The van der Waals surface area contributed by atoms with Crippen LogP contribution in [-0.2, 0) is 0 Å². The van der Waals surface area contributed by atoms with Crippen LogP contribution in [0.15, 0.2) is 18.7 Å². The molecule has 3 rings (SSSR count). The molecule has 2 aromatic heterocycles. The average molecular weight is 368 g/mol. The topological polar surface area (TPSA) is 75.0 Å². The Balaban J connectivity index is 2.34. The molecule has 0 saturated carbocycles. The Hall–Kier alpha value is -2.12. The number of nitrogens with zero attached hydrogens (tertiary/aromatic N) is 5. The summed E-state index contributed by atoms with van der Waals surface area (Å²) in [6.07, 6.45) is 4.00. The van der Waals surface area contributed by atoms with Gasteiger partial charge in [-0.15, -0.1) is 10.2 Å². The minimum Gasteiger partial charge on any atom is -0.477 e. The second-order valence-electron chi connectivity index (χ2n) is 5.03. The molecule has 0 amide bonds. The Morgan fingerprint density at radius 3 is 2.29 bits per heavy atom. The Bertz CT molecular complexity index is 870. The largest absolute Gasteiger partial charge is 0.477 e. The van der Waals surface area contributed by atoms with E-state index in [2.05, 4.69) is 20.2 Å². The van der Waals surface area contributed by atoms with Gasteiger partial charge < -0.3 is 14.0 Å². The van der Waals surface area contributed by atoms with Gasteiger partial charge in [0.1, 0.15) is 12.7 Å². The summed E-state index contributed by atoms with van der Waals surface area (Å²) in [6.45, 7) is 2.03. The van der Waals surface area contributed by atoms with Crippen molar-refractivity contribution in [1.82, 2.24) is 24.7 Å². The first-order chi connectivity index (χ1) is 11.6. The number of rotatable bonds is 5. The van der Waals surface area contributed by atoms with E-state index in [-0.39, 0.29) is 17.8 Å². The van der Waals surface area contributed by atoms with Crippen LogP contribution in [0.4, 0.5) is 0 Å². The molecule has 7 nitrogen and oxygen atoms in total. The van der Waals surface area contributed by atoms with Crippen molar-refractivity contribution in [2.24, 2.45) is 0 Å². The van der Waals surface area contributed by atoms with Crippen LogP contribution >= 0.6 is 23.2 Å². The molecule has 0 aliphatic heterocycles.